The van der Waals surface area contributed by atoms with E-state index in [1.54, 1.807) is 33.8 Å². The van der Waals surface area contributed by atoms with Gasteiger partial charge in [-0.2, -0.15) is 5.10 Å². The Morgan fingerprint density at radius 1 is 1.02 bits per heavy atom. The number of urea groups is 1. The Morgan fingerprint density at radius 3 is 2.57 bits per heavy atom. The number of ether oxygens (including phenoxy) is 1. The van der Waals surface area contributed by atoms with Crippen LogP contribution < -0.4 is 25.8 Å². The smallest absolute Gasteiger partial charge is 0.329 e. The minimum Gasteiger partial charge on any atom is -0.490 e. The number of imidazole rings is 1. The standard InChI is InChI=1S/C43H51N9O6/c1-25(2)58-37-20-38-44-34(23-50(38)22-32(37)41(55)45-33-5-4-16-51(42(33)56)29-11-12-29)27-8-6-26(7-9-27)21-49-17-14-30(36(53)24-49)28-10-13-31-35(19-28)48(3)47-40(31)52-18-15-39(54)46-43(52)57/h4-5,10,13,16,19-20,22-23,25-27,29-30,36,53H,6-9,11-12,14-15,17-18,21,24H2,1-3H3,(H,45,55)(H,46,54,57)/t26?,27?,30-,36-/m1/s1. The Hall–Kier alpha value is -5.54. The van der Waals surface area contributed by atoms with Crippen molar-refractivity contribution in [3.8, 4) is 5.75 Å². The number of likely N-dealkylation sites (tertiary alicyclic amines) is 1. The number of benzene rings is 1. The van der Waals surface area contributed by atoms with Crippen LogP contribution in [0.5, 0.6) is 5.75 Å². The lowest BCUT2D eigenvalue weighted by atomic mass is 9.80. The molecule has 58 heavy (non-hydrogen) atoms. The van der Waals surface area contributed by atoms with E-state index in [9.17, 15) is 24.3 Å². The summed E-state index contributed by atoms with van der Waals surface area (Å²) in [5.41, 5.74) is 4.06. The third-order valence-corrected chi connectivity index (χ3v) is 12.4. The van der Waals surface area contributed by atoms with Crippen molar-refractivity contribution >= 4 is 45.9 Å². The molecule has 2 aliphatic heterocycles. The van der Waals surface area contributed by atoms with Gasteiger partial charge in [0, 0.05) is 81.0 Å². The number of imide groups is 1. The molecule has 2 aliphatic carbocycles. The normalized spacial score (nSPS) is 23.2. The van der Waals surface area contributed by atoms with Crippen molar-refractivity contribution in [3.05, 3.63) is 82.2 Å². The number of carbonyl (C=O) groups excluding carboxylic acids is 3. The Bertz CT molecular complexity index is 2460. The molecule has 0 bridgehead atoms. The Morgan fingerprint density at radius 2 is 1.83 bits per heavy atom. The van der Waals surface area contributed by atoms with Gasteiger partial charge in [-0.15, -0.1) is 0 Å². The van der Waals surface area contributed by atoms with Gasteiger partial charge in [-0.25, -0.2) is 9.78 Å². The number of pyridine rings is 2. The first-order valence-electron chi connectivity index (χ1n) is 20.7. The summed E-state index contributed by atoms with van der Waals surface area (Å²) in [6.07, 6.45) is 12.1. The zero-order chi connectivity index (χ0) is 40.2. The van der Waals surface area contributed by atoms with Gasteiger partial charge in [-0.05, 0) is 101 Å². The highest BCUT2D eigenvalue weighted by molar-refractivity contribution is 6.09. The summed E-state index contributed by atoms with van der Waals surface area (Å²) in [4.78, 5) is 59.8. The number of hydrogen-bond donors (Lipinski definition) is 3. The van der Waals surface area contributed by atoms with Crippen molar-refractivity contribution in [3.63, 3.8) is 0 Å². The summed E-state index contributed by atoms with van der Waals surface area (Å²) in [6, 6.07) is 11.1. The fourth-order valence-electron chi connectivity index (χ4n) is 9.20. The van der Waals surface area contributed by atoms with E-state index in [1.165, 1.54) is 4.90 Å². The number of carbonyl (C=O) groups is 3. The third-order valence-electron chi connectivity index (χ3n) is 12.4. The maximum Gasteiger partial charge on any atom is 0.329 e. The van der Waals surface area contributed by atoms with E-state index >= 15 is 0 Å². The lowest BCUT2D eigenvalue weighted by molar-refractivity contribution is -0.120. The number of amides is 4. The van der Waals surface area contributed by atoms with Crippen LogP contribution in [-0.2, 0) is 11.8 Å². The molecule has 3 N–H and O–H groups in total. The number of aliphatic hydroxyl groups is 1. The molecule has 0 spiro atoms. The van der Waals surface area contributed by atoms with Crippen LogP contribution in [-0.4, -0.2) is 90.0 Å². The van der Waals surface area contributed by atoms with Crippen molar-refractivity contribution in [2.45, 2.75) is 95.3 Å². The highest BCUT2D eigenvalue weighted by atomic mass is 16.5. The van der Waals surface area contributed by atoms with E-state index in [1.807, 2.05) is 49.7 Å². The molecule has 0 unspecified atom stereocenters. The zero-order valence-electron chi connectivity index (χ0n) is 33.3. The second-order valence-corrected chi connectivity index (χ2v) is 16.9. The van der Waals surface area contributed by atoms with Crippen LogP contribution in [0.4, 0.5) is 16.3 Å². The summed E-state index contributed by atoms with van der Waals surface area (Å²) in [5.74, 6) is 1.12. The second-order valence-electron chi connectivity index (χ2n) is 16.9. The minimum absolute atomic E-state index is 0.000385. The van der Waals surface area contributed by atoms with Crippen LogP contribution in [0.25, 0.3) is 16.6 Å². The lowest BCUT2D eigenvalue weighted by Gasteiger charge is -2.39. The molecule has 4 aromatic heterocycles. The number of nitrogens with one attached hydrogen (secondary N) is 2. The van der Waals surface area contributed by atoms with Crippen LogP contribution >= 0.6 is 0 Å². The van der Waals surface area contributed by atoms with Gasteiger partial charge in [0.05, 0.1) is 29.0 Å². The van der Waals surface area contributed by atoms with Gasteiger partial charge in [0.15, 0.2) is 5.82 Å². The molecule has 1 aromatic carbocycles. The molecule has 6 heterocycles. The number of anilines is 2. The van der Waals surface area contributed by atoms with Crippen LogP contribution in [0.1, 0.15) is 105 Å². The highest BCUT2D eigenvalue weighted by Crippen LogP contribution is 2.39. The van der Waals surface area contributed by atoms with E-state index in [-0.39, 0.29) is 48.2 Å². The van der Waals surface area contributed by atoms with E-state index in [4.69, 9.17) is 9.72 Å². The molecule has 4 aliphatic rings. The van der Waals surface area contributed by atoms with E-state index in [2.05, 4.69) is 26.7 Å². The predicted octanol–water partition coefficient (Wildman–Crippen LogP) is 5.33. The van der Waals surface area contributed by atoms with Crippen LogP contribution in [0, 0.1) is 5.92 Å². The average Bonchev–Trinajstić information content (AvgIpc) is 3.87. The topological polar surface area (TPSA) is 168 Å². The molecule has 5 aromatic rings. The highest BCUT2D eigenvalue weighted by Gasteiger charge is 2.34. The van der Waals surface area contributed by atoms with Crippen LogP contribution in [0.15, 0.2) is 59.8 Å². The van der Waals surface area contributed by atoms with Crippen molar-refractivity contribution in [1.29, 1.82) is 0 Å². The number of aliphatic hydroxyl groups excluding tert-OH is 1. The molecule has 0 radical (unpaired) electrons. The predicted molar refractivity (Wildman–Crippen MR) is 219 cm³/mol. The number of fused-ring (bicyclic) bond motifs is 2. The summed E-state index contributed by atoms with van der Waals surface area (Å²) < 4.78 is 11.4. The third kappa shape index (κ3) is 7.48. The fourth-order valence-corrected chi connectivity index (χ4v) is 9.20. The lowest BCUT2D eigenvalue weighted by Crippen LogP contribution is -2.49. The van der Waals surface area contributed by atoms with Crippen molar-refractivity contribution in [2.75, 3.05) is 36.4 Å². The van der Waals surface area contributed by atoms with Crippen molar-refractivity contribution < 1.29 is 24.2 Å². The molecule has 2 saturated carbocycles. The van der Waals surface area contributed by atoms with Gasteiger partial charge >= 0.3 is 6.03 Å². The molecule has 2 saturated heterocycles. The molecule has 2 atom stereocenters. The second kappa shape index (κ2) is 15.3. The van der Waals surface area contributed by atoms with Crippen LogP contribution in [0.3, 0.4) is 0 Å². The van der Waals surface area contributed by atoms with Gasteiger partial charge in [0.1, 0.15) is 17.1 Å². The SMILES string of the molecule is CC(C)Oc1cc2nc(C3CCC(CN4CC[C@H](c5ccc6c(N7CCC(=O)NC7=O)nn(C)c6c5)[C@H](O)C4)CC3)cn2cc1C(=O)Nc1cccn(C2CC2)c1=O. The Labute approximate surface area is 336 Å². The number of piperidine rings is 1. The van der Waals surface area contributed by atoms with Gasteiger partial charge < -0.3 is 29.0 Å². The number of rotatable bonds is 10. The summed E-state index contributed by atoms with van der Waals surface area (Å²) in [7, 11) is 1.85. The average molecular weight is 790 g/mol. The molecule has 4 amide bonds. The first-order chi connectivity index (χ1) is 28.0. The summed E-state index contributed by atoms with van der Waals surface area (Å²) in [5, 5.41) is 22.1. The Kier molecular flexibility index (Phi) is 10.0. The van der Waals surface area contributed by atoms with Gasteiger partial charge in [-0.1, -0.05) is 6.07 Å². The maximum absolute atomic E-state index is 13.6. The fraction of sp³-hybridized carbons (Fsp3) is 0.488. The Balaban J connectivity index is 0.819. The van der Waals surface area contributed by atoms with Gasteiger partial charge in [0.25, 0.3) is 11.5 Å². The minimum atomic E-state index is -0.502. The zero-order valence-corrected chi connectivity index (χ0v) is 33.3. The molecule has 15 nitrogen and oxygen atoms in total. The molecule has 9 rings (SSSR count). The molecular weight excluding hydrogens is 739 g/mol. The van der Waals surface area contributed by atoms with Crippen LogP contribution in [0.2, 0.25) is 0 Å². The molecule has 304 valence electrons. The summed E-state index contributed by atoms with van der Waals surface area (Å²) in [6.45, 7) is 6.60. The van der Waals surface area contributed by atoms with Gasteiger partial charge in [0.2, 0.25) is 5.91 Å². The first kappa shape index (κ1) is 38.0. The summed E-state index contributed by atoms with van der Waals surface area (Å²) >= 11 is 0. The number of nitrogens with zero attached hydrogens (tertiary/aromatic N) is 7. The van der Waals surface area contributed by atoms with E-state index < -0.39 is 18.0 Å². The maximum atomic E-state index is 13.6. The monoisotopic (exact) mass is 789 g/mol. The number of hydrogen-bond acceptors (Lipinski definition) is 9. The van der Waals surface area contributed by atoms with Crippen molar-refractivity contribution in [2.24, 2.45) is 13.0 Å². The van der Waals surface area contributed by atoms with E-state index in [0.29, 0.717) is 41.2 Å². The quantitative estimate of drug-likeness (QED) is 0.170. The number of aryl methyl sites for hydroxylation is 1. The molecule has 4 fully saturated rings. The molecule has 15 heteroatoms. The number of β-amino-alcohol motifs (C(OH)–C–C–N with tert-alkyl or cyclic N) is 1. The van der Waals surface area contributed by atoms with E-state index in [0.717, 1.165) is 80.2 Å². The molecular formula is C43H51N9O6. The van der Waals surface area contributed by atoms with Crippen molar-refractivity contribution in [1.82, 2.24) is 33.9 Å². The largest absolute Gasteiger partial charge is 0.490 e. The van der Waals surface area contributed by atoms with Gasteiger partial charge in [-0.3, -0.25) is 29.3 Å². The number of aromatic nitrogens is 5. The first-order valence-corrected chi connectivity index (χ1v) is 20.7.